The first-order valence-electron chi connectivity index (χ1n) is 6.55. The van der Waals surface area contributed by atoms with E-state index in [1.54, 1.807) is 12.1 Å². The molecule has 4 heteroatoms. The van der Waals surface area contributed by atoms with Crippen molar-refractivity contribution in [1.82, 2.24) is 15.1 Å². The molecule has 1 aromatic heterocycles. The number of benzene rings is 1. The van der Waals surface area contributed by atoms with E-state index in [0.29, 0.717) is 12.6 Å². The average Bonchev–Trinajstić information content (AvgIpc) is 2.70. The second-order valence-corrected chi connectivity index (χ2v) is 5.10. The van der Waals surface area contributed by atoms with Crippen molar-refractivity contribution in [3.8, 4) is 0 Å². The maximum absolute atomic E-state index is 12.8. The summed E-state index contributed by atoms with van der Waals surface area (Å²) in [5.41, 5.74) is 3.29. The third-order valence-electron chi connectivity index (χ3n) is 3.01. The fraction of sp³-hybridized carbons (Fsp3) is 0.400. The van der Waals surface area contributed by atoms with Gasteiger partial charge in [0.2, 0.25) is 0 Å². The van der Waals surface area contributed by atoms with Gasteiger partial charge in [0.25, 0.3) is 0 Å². The molecule has 102 valence electrons. The van der Waals surface area contributed by atoms with Crippen LogP contribution in [0.2, 0.25) is 0 Å². The van der Waals surface area contributed by atoms with Crippen LogP contribution in [0.1, 0.15) is 30.7 Å². The molecule has 0 radical (unpaired) electrons. The lowest BCUT2D eigenvalue weighted by atomic mass is 10.2. The highest BCUT2D eigenvalue weighted by molar-refractivity contribution is 5.19. The highest BCUT2D eigenvalue weighted by Crippen LogP contribution is 2.09. The van der Waals surface area contributed by atoms with Crippen LogP contribution in [0.25, 0.3) is 0 Å². The van der Waals surface area contributed by atoms with E-state index in [2.05, 4.69) is 24.3 Å². The fourth-order valence-corrected chi connectivity index (χ4v) is 1.90. The molecule has 0 spiro atoms. The second kappa shape index (κ2) is 5.97. The van der Waals surface area contributed by atoms with E-state index in [0.717, 1.165) is 17.8 Å². The average molecular weight is 261 g/mol. The van der Waals surface area contributed by atoms with Crippen molar-refractivity contribution >= 4 is 0 Å². The molecule has 0 amide bonds. The smallest absolute Gasteiger partial charge is 0.123 e. The summed E-state index contributed by atoms with van der Waals surface area (Å²) in [7, 11) is 0. The lowest BCUT2D eigenvalue weighted by molar-refractivity contribution is 0.587. The van der Waals surface area contributed by atoms with Crippen LogP contribution in [0.5, 0.6) is 0 Å². The molecule has 1 N–H and O–H groups in total. The summed E-state index contributed by atoms with van der Waals surface area (Å²) in [6.45, 7) is 7.75. The van der Waals surface area contributed by atoms with Crippen molar-refractivity contribution in [1.29, 1.82) is 0 Å². The molecule has 0 aliphatic heterocycles. The van der Waals surface area contributed by atoms with Crippen LogP contribution in [-0.2, 0) is 13.1 Å². The molecule has 0 atom stereocenters. The van der Waals surface area contributed by atoms with Gasteiger partial charge in [0.15, 0.2) is 0 Å². The van der Waals surface area contributed by atoms with E-state index >= 15 is 0 Å². The van der Waals surface area contributed by atoms with Crippen LogP contribution in [0.3, 0.4) is 0 Å². The van der Waals surface area contributed by atoms with E-state index in [4.69, 9.17) is 0 Å². The van der Waals surface area contributed by atoms with Gasteiger partial charge in [-0.15, -0.1) is 0 Å². The summed E-state index contributed by atoms with van der Waals surface area (Å²) in [6, 6.07) is 7.00. The maximum Gasteiger partial charge on any atom is 0.123 e. The zero-order chi connectivity index (χ0) is 13.8. The van der Waals surface area contributed by atoms with Crippen LogP contribution >= 0.6 is 0 Å². The molecular formula is C15H20FN3. The van der Waals surface area contributed by atoms with Crippen molar-refractivity contribution in [3.05, 3.63) is 53.1 Å². The molecule has 0 unspecified atom stereocenters. The third kappa shape index (κ3) is 3.89. The predicted octanol–water partition coefficient (Wildman–Crippen LogP) is 2.88. The number of aryl methyl sites for hydroxylation is 1. The summed E-state index contributed by atoms with van der Waals surface area (Å²) in [6.07, 6.45) is 2.05. The fourth-order valence-electron chi connectivity index (χ4n) is 1.90. The monoisotopic (exact) mass is 261 g/mol. The minimum absolute atomic E-state index is 0.206. The molecule has 0 fully saturated rings. The first kappa shape index (κ1) is 13.7. The van der Waals surface area contributed by atoms with Crippen molar-refractivity contribution in [2.75, 3.05) is 0 Å². The lowest BCUT2D eigenvalue weighted by Gasteiger charge is -2.06. The summed E-state index contributed by atoms with van der Waals surface area (Å²) in [5.74, 6) is -0.206. The minimum Gasteiger partial charge on any atom is -0.310 e. The van der Waals surface area contributed by atoms with Gasteiger partial charge in [-0.2, -0.15) is 5.10 Å². The number of aromatic nitrogens is 2. The molecular weight excluding hydrogens is 241 g/mol. The minimum atomic E-state index is -0.206. The topological polar surface area (TPSA) is 29.9 Å². The Kier molecular flexibility index (Phi) is 4.32. The molecule has 0 saturated heterocycles. The van der Waals surface area contributed by atoms with Gasteiger partial charge in [-0.05, 0) is 24.6 Å². The zero-order valence-electron chi connectivity index (χ0n) is 11.7. The van der Waals surface area contributed by atoms with Crippen molar-refractivity contribution in [3.63, 3.8) is 0 Å². The molecule has 0 aliphatic carbocycles. The van der Waals surface area contributed by atoms with Gasteiger partial charge in [-0.25, -0.2) is 4.39 Å². The third-order valence-corrected chi connectivity index (χ3v) is 3.01. The van der Waals surface area contributed by atoms with E-state index in [-0.39, 0.29) is 5.82 Å². The Morgan fingerprint density at radius 2 is 1.95 bits per heavy atom. The quantitative estimate of drug-likeness (QED) is 0.897. The Hall–Kier alpha value is -1.68. The largest absolute Gasteiger partial charge is 0.310 e. The van der Waals surface area contributed by atoms with Gasteiger partial charge in [0.05, 0.1) is 12.2 Å². The second-order valence-electron chi connectivity index (χ2n) is 5.10. The number of hydrogen-bond donors (Lipinski definition) is 1. The SMILES string of the molecule is Cc1nn(Cc2ccc(F)cc2)cc1CNC(C)C. The van der Waals surface area contributed by atoms with Gasteiger partial charge in [0.1, 0.15) is 5.82 Å². The van der Waals surface area contributed by atoms with Gasteiger partial charge in [-0.3, -0.25) is 4.68 Å². The van der Waals surface area contributed by atoms with Crippen LogP contribution < -0.4 is 5.32 Å². The molecule has 2 rings (SSSR count). The molecule has 3 nitrogen and oxygen atoms in total. The molecule has 19 heavy (non-hydrogen) atoms. The lowest BCUT2D eigenvalue weighted by Crippen LogP contribution is -2.21. The van der Waals surface area contributed by atoms with E-state index in [9.17, 15) is 4.39 Å². The van der Waals surface area contributed by atoms with Gasteiger partial charge in [0, 0.05) is 24.3 Å². The standard InChI is InChI=1S/C15H20FN3/c1-11(2)17-8-14-10-19(18-12(14)3)9-13-4-6-15(16)7-5-13/h4-7,10-11,17H,8-9H2,1-3H3. The van der Waals surface area contributed by atoms with Gasteiger partial charge >= 0.3 is 0 Å². The molecule has 0 bridgehead atoms. The Bertz CT molecular complexity index is 529. The maximum atomic E-state index is 12.8. The van der Waals surface area contributed by atoms with Crippen LogP contribution in [0.15, 0.2) is 30.5 Å². The Morgan fingerprint density at radius 3 is 2.58 bits per heavy atom. The summed E-state index contributed by atoms with van der Waals surface area (Å²) < 4.78 is 14.7. The van der Waals surface area contributed by atoms with Crippen molar-refractivity contribution in [2.45, 2.75) is 39.9 Å². The Morgan fingerprint density at radius 1 is 1.26 bits per heavy atom. The van der Waals surface area contributed by atoms with Gasteiger partial charge in [-0.1, -0.05) is 26.0 Å². The predicted molar refractivity (Wildman–Crippen MR) is 74.4 cm³/mol. The molecule has 1 aromatic carbocycles. The summed E-state index contributed by atoms with van der Waals surface area (Å²) in [5, 5.41) is 7.87. The van der Waals surface area contributed by atoms with E-state index in [1.807, 2.05) is 17.8 Å². The summed E-state index contributed by atoms with van der Waals surface area (Å²) >= 11 is 0. The van der Waals surface area contributed by atoms with Crippen LogP contribution in [0, 0.1) is 12.7 Å². The highest BCUT2D eigenvalue weighted by Gasteiger charge is 2.06. The summed E-state index contributed by atoms with van der Waals surface area (Å²) in [4.78, 5) is 0. The van der Waals surface area contributed by atoms with Crippen LogP contribution in [-0.4, -0.2) is 15.8 Å². The number of hydrogen-bond acceptors (Lipinski definition) is 2. The first-order valence-corrected chi connectivity index (χ1v) is 6.55. The Balaban J connectivity index is 2.05. The zero-order valence-corrected chi connectivity index (χ0v) is 11.7. The number of halogens is 1. The van der Waals surface area contributed by atoms with E-state index < -0.39 is 0 Å². The Labute approximate surface area is 113 Å². The molecule has 0 aliphatic rings. The first-order chi connectivity index (χ1) is 9.04. The van der Waals surface area contributed by atoms with E-state index in [1.165, 1.54) is 17.7 Å². The molecule has 1 heterocycles. The number of nitrogens with one attached hydrogen (secondary N) is 1. The van der Waals surface area contributed by atoms with Gasteiger partial charge < -0.3 is 5.32 Å². The number of rotatable bonds is 5. The van der Waals surface area contributed by atoms with Crippen molar-refractivity contribution < 1.29 is 4.39 Å². The number of nitrogens with zero attached hydrogens (tertiary/aromatic N) is 2. The normalized spacial score (nSPS) is 11.2. The van der Waals surface area contributed by atoms with Crippen LogP contribution in [0.4, 0.5) is 4.39 Å². The van der Waals surface area contributed by atoms with Crippen molar-refractivity contribution in [2.24, 2.45) is 0 Å². The molecule has 2 aromatic rings. The highest BCUT2D eigenvalue weighted by atomic mass is 19.1. The molecule has 0 saturated carbocycles.